The molecule has 2 rings (SSSR count). The molecule has 3 nitrogen and oxygen atoms in total. The first-order chi connectivity index (χ1) is 8.74. The fourth-order valence-electron chi connectivity index (χ4n) is 2.18. The summed E-state index contributed by atoms with van der Waals surface area (Å²) in [5.41, 5.74) is 1.01. The molecule has 1 aromatic carbocycles. The van der Waals surface area contributed by atoms with Crippen molar-refractivity contribution in [3.8, 4) is 0 Å². The average molecular weight is 312 g/mol. The van der Waals surface area contributed by atoms with Crippen LogP contribution in [0.3, 0.4) is 0 Å². The van der Waals surface area contributed by atoms with E-state index in [4.69, 9.17) is 4.74 Å². The van der Waals surface area contributed by atoms with Crippen LogP contribution in [0.15, 0.2) is 28.7 Å². The van der Waals surface area contributed by atoms with Gasteiger partial charge in [-0.1, -0.05) is 28.1 Å². The van der Waals surface area contributed by atoms with Crippen LogP contribution in [0.5, 0.6) is 0 Å². The van der Waals surface area contributed by atoms with Crippen molar-refractivity contribution in [2.75, 3.05) is 13.1 Å². The number of ether oxygens (including phenoxy) is 1. The molecular formula is C14H18BrNO2. The molecule has 1 fully saturated rings. The smallest absolute Gasteiger partial charge is 0.306 e. The first kappa shape index (κ1) is 13.6. The standard InChI is InChI=1S/C14H18BrNO2/c15-13-5-1-3-12(7-13)10-18-14(17)8-11-4-2-6-16-9-11/h1,3,5,7,11,16H,2,4,6,8-10H2. The summed E-state index contributed by atoms with van der Waals surface area (Å²) >= 11 is 3.40. The summed E-state index contributed by atoms with van der Waals surface area (Å²) in [6.07, 6.45) is 2.81. The summed E-state index contributed by atoms with van der Waals surface area (Å²) in [6.45, 7) is 2.37. The summed E-state index contributed by atoms with van der Waals surface area (Å²) in [6, 6.07) is 7.83. The lowest BCUT2D eigenvalue weighted by Crippen LogP contribution is -2.31. The molecule has 0 bridgehead atoms. The Morgan fingerprint density at radius 3 is 3.11 bits per heavy atom. The van der Waals surface area contributed by atoms with Crippen molar-refractivity contribution in [2.45, 2.75) is 25.9 Å². The van der Waals surface area contributed by atoms with E-state index in [9.17, 15) is 4.79 Å². The van der Waals surface area contributed by atoms with Gasteiger partial charge in [0.2, 0.25) is 0 Å². The second kappa shape index (κ2) is 6.90. The van der Waals surface area contributed by atoms with Crippen molar-refractivity contribution >= 4 is 21.9 Å². The van der Waals surface area contributed by atoms with E-state index in [2.05, 4.69) is 21.2 Å². The monoisotopic (exact) mass is 311 g/mol. The highest BCUT2D eigenvalue weighted by atomic mass is 79.9. The van der Waals surface area contributed by atoms with Gasteiger partial charge in [-0.05, 0) is 49.5 Å². The normalized spacial score (nSPS) is 19.5. The van der Waals surface area contributed by atoms with Crippen LogP contribution in [0, 0.1) is 5.92 Å². The Hall–Kier alpha value is -0.870. The lowest BCUT2D eigenvalue weighted by Gasteiger charge is -2.21. The minimum Gasteiger partial charge on any atom is -0.461 e. The first-order valence-corrected chi connectivity index (χ1v) is 7.14. The van der Waals surface area contributed by atoms with Crippen LogP contribution in [-0.4, -0.2) is 19.1 Å². The molecule has 0 spiro atoms. The highest BCUT2D eigenvalue weighted by Crippen LogP contribution is 2.16. The zero-order valence-electron chi connectivity index (χ0n) is 10.3. The lowest BCUT2D eigenvalue weighted by atomic mass is 9.96. The van der Waals surface area contributed by atoms with E-state index in [0.717, 1.165) is 36.0 Å². The third-order valence-corrected chi connectivity index (χ3v) is 3.64. The average Bonchev–Trinajstić information content (AvgIpc) is 2.38. The molecule has 98 valence electrons. The number of nitrogens with one attached hydrogen (secondary N) is 1. The number of benzene rings is 1. The van der Waals surface area contributed by atoms with Crippen molar-refractivity contribution in [1.29, 1.82) is 0 Å². The van der Waals surface area contributed by atoms with Gasteiger partial charge in [0.05, 0.1) is 0 Å². The quantitative estimate of drug-likeness (QED) is 0.869. The Morgan fingerprint density at radius 2 is 2.39 bits per heavy atom. The fourth-order valence-corrected chi connectivity index (χ4v) is 2.63. The highest BCUT2D eigenvalue weighted by molar-refractivity contribution is 9.10. The summed E-state index contributed by atoms with van der Waals surface area (Å²) < 4.78 is 6.31. The Kier molecular flexibility index (Phi) is 5.20. The Balaban J connectivity index is 1.74. The van der Waals surface area contributed by atoms with Gasteiger partial charge in [-0.3, -0.25) is 4.79 Å². The van der Waals surface area contributed by atoms with Crippen LogP contribution in [-0.2, 0) is 16.1 Å². The Bertz CT molecular complexity index is 403. The SMILES string of the molecule is O=C(CC1CCCNC1)OCc1cccc(Br)c1. The maximum Gasteiger partial charge on any atom is 0.306 e. The molecule has 0 amide bonds. The third kappa shape index (κ3) is 4.42. The van der Waals surface area contributed by atoms with Gasteiger partial charge < -0.3 is 10.1 Å². The summed E-state index contributed by atoms with van der Waals surface area (Å²) in [4.78, 5) is 11.7. The third-order valence-electron chi connectivity index (χ3n) is 3.14. The molecule has 1 aromatic rings. The van der Waals surface area contributed by atoms with Gasteiger partial charge in [0.1, 0.15) is 6.61 Å². The second-order valence-corrected chi connectivity index (χ2v) is 5.62. The molecule has 1 N–H and O–H groups in total. The molecule has 1 aliphatic heterocycles. The largest absolute Gasteiger partial charge is 0.461 e. The lowest BCUT2D eigenvalue weighted by molar-refractivity contribution is -0.146. The van der Waals surface area contributed by atoms with Crippen molar-refractivity contribution in [3.63, 3.8) is 0 Å². The predicted molar refractivity (Wildman–Crippen MR) is 74.1 cm³/mol. The number of carbonyl (C=O) groups excluding carboxylic acids is 1. The highest BCUT2D eigenvalue weighted by Gasteiger charge is 2.17. The number of carbonyl (C=O) groups is 1. The van der Waals surface area contributed by atoms with E-state index in [1.54, 1.807) is 0 Å². The molecule has 0 saturated carbocycles. The van der Waals surface area contributed by atoms with E-state index < -0.39 is 0 Å². The van der Waals surface area contributed by atoms with E-state index >= 15 is 0 Å². The van der Waals surface area contributed by atoms with Gasteiger partial charge in [0.15, 0.2) is 0 Å². The number of halogens is 1. The molecule has 1 unspecified atom stereocenters. The molecule has 0 aliphatic carbocycles. The van der Waals surface area contributed by atoms with Crippen molar-refractivity contribution in [1.82, 2.24) is 5.32 Å². The van der Waals surface area contributed by atoms with Gasteiger partial charge in [0, 0.05) is 10.9 Å². The van der Waals surface area contributed by atoms with Gasteiger partial charge >= 0.3 is 5.97 Å². The van der Waals surface area contributed by atoms with Gasteiger partial charge in [-0.2, -0.15) is 0 Å². The zero-order chi connectivity index (χ0) is 12.8. The summed E-state index contributed by atoms with van der Waals surface area (Å²) in [7, 11) is 0. The molecular weight excluding hydrogens is 294 g/mol. The molecule has 1 saturated heterocycles. The molecule has 1 atom stereocenters. The Labute approximate surface area is 116 Å². The van der Waals surface area contributed by atoms with E-state index in [1.165, 1.54) is 0 Å². The van der Waals surface area contributed by atoms with Gasteiger partial charge in [0.25, 0.3) is 0 Å². The van der Waals surface area contributed by atoms with Crippen LogP contribution in [0.2, 0.25) is 0 Å². The maximum atomic E-state index is 11.7. The number of piperidine rings is 1. The minimum atomic E-state index is -0.0938. The second-order valence-electron chi connectivity index (χ2n) is 4.71. The first-order valence-electron chi connectivity index (χ1n) is 6.35. The van der Waals surface area contributed by atoms with E-state index in [-0.39, 0.29) is 5.97 Å². The summed E-state index contributed by atoms with van der Waals surface area (Å²) in [5.74, 6) is 0.345. The molecule has 1 heterocycles. The predicted octanol–water partition coefficient (Wildman–Crippen LogP) is 2.88. The summed E-state index contributed by atoms with van der Waals surface area (Å²) in [5, 5.41) is 3.31. The van der Waals surface area contributed by atoms with Crippen molar-refractivity contribution in [2.24, 2.45) is 5.92 Å². The molecule has 4 heteroatoms. The van der Waals surface area contributed by atoms with E-state index in [1.807, 2.05) is 24.3 Å². The minimum absolute atomic E-state index is 0.0938. The number of rotatable bonds is 4. The van der Waals surface area contributed by atoms with Crippen LogP contribution in [0.4, 0.5) is 0 Å². The molecule has 0 aromatic heterocycles. The topological polar surface area (TPSA) is 38.3 Å². The van der Waals surface area contributed by atoms with Crippen LogP contribution >= 0.6 is 15.9 Å². The molecule has 18 heavy (non-hydrogen) atoms. The van der Waals surface area contributed by atoms with E-state index in [0.29, 0.717) is 18.9 Å². The molecule has 1 aliphatic rings. The number of hydrogen-bond donors (Lipinski definition) is 1. The van der Waals surface area contributed by atoms with Crippen LogP contribution < -0.4 is 5.32 Å². The molecule has 0 radical (unpaired) electrons. The van der Waals surface area contributed by atoms with Gasteiger partial charge in [-0.15, -0.1) is 0 Å². The van der Waals surface area contributed by atoms with Crippen LogP contribution in [0.25, 0.3) is 0 Å². The van der Waals surface area contributed by atoms with Crippen molar-refractivity contribution in [3.05, 3.63) is 34.3 Å². The van der Waals surface area contributed by atoms with Gasteiger partial charge in [-0.25, -0.2) is 0 Å². The number of esters is 1. The fraction of sp³-hybridized carbons (Fsp3) is 0.500. The number of hydrogen-bond acceptors (Lipinski definition) is 3. The Morgan fingerprint density at radius 1 is 1.50 bits per heavy atom. The zero-order valence-corrected chi connectivity index (χ0v) is 11.9. The maximum absolute atomic E-state index is 11.7. The van der Waals surface area contributed by atoms with Crippen molar-refractivity contribution < 1.29 is 9.53 Å². The van der Waals surface area contributed by atoms with Crippen LogP contribution in [0.1, 0.15) is 24.8 Å².